The molecule has 5 heteroatoms. The van der Waals surface area contributed by atoms with Crippen molar-refractivity contribution in [1.29, 1.82) is 5.26 Å². The van der Waals surface area contributed by atoms with Gasteiger partial charge in [0.15, 0.2) is 5.78 Å². The van der Waals surface area contributed by atoms with Crippen LogP contribution in [0.25, 0.3) is 0 Å². The summed E-state index contributed by atoms with van der Waals surface area (Å²) in [5, 5.41) is 13.4. The zero-order valence-corrected chi connectivity index (χ0v) is 12.5. The average Bonchev–Trinajstić information content (AvgIpc) is 3.18. The van der Waals surface area contributed by atoms with E-state index in [0.717, 1.165) is 24.4 Å². The van der Waals surface area contributed by atoms with Crippen LogP contribution in [0.15, 0.2) is 0 Å². The Labute approximate surface area is 123 Å². The number of carbonyl (C=O) groups excluding carboxylic acids is 1. The number of ketones is 1. The highest BCUT2D eigenvalue weighted by molar-refractivity contribution is 7.19. The third-order valence-corrected chi connectivity index (χ3v) is 5.64. The first-order valence-electron chi connectivity index (χ1n) is 7.14. The largest absolute Gasteiger partial charge is 0.396 e. The van der Waals surface area contributed by atoms with E-state index in [0.29, 0.717) is 21.5 Å². The number of nitrogens with zero attached hydrogens (tertiary/aromatic N) is 1. The van der Waals surface area contributed by atoms with Crippen molar-refractivity contribution in [2.45, 2.75) is 39.0 Å². The summed E-state index contributed by atoms with van der Waals surface area (Å²) in [7, 11) is 0. The number of nitriles is 1. The van der Waals surface area contributed by atoms with Gasteiger partial charge >= 0.3 is 0 Å². The maximum atomic E-state index is 12.2. The molecule has 1 heterocycles. The standard InChI is InChI=1S/C15H19N3OS/c1-15(5-2-6-15)8-18-14-10(7-16)11(17)13(20-14)12(19)9-3-4-9/h9,18H,2-6,8,17H2,1H3. The van der Waals surface area contributed by atoms with Gasteiger partial charge in [-0.25, -0.2) is 0 Å². The molecule has 0 unspecified atom stereocenters. The van der Waals surface area contributed by atoms with E-state index in [-0.39, 0.29) is 11.7 Å². The molecule has 3 N–H and O–H groups in total. The molecule has 1 aromatic rings. The molecule has 0 bridgehead atoms. The molecule has 0 spiro atoms. The van der Waals surface area contributed by atoms with Crippen LogP contribution in [0.4, 0.5) is 10.7 Å². The first-order chi connectivity index (χ1) is 9.54. The van der Waals surface area contributed by atoms with Gasteiger partial charge in [0.1, 0.15) is 16.6 Å². The van der Waals surface area contributed by atoms with Gasteiger partial charge in [-0.3, -0.25) is 4.79 Å². The lowest BCUT2D eigenvalue weighted by molar-refractivity contribution is 0.0972. The molecule has 0 amide bonds. The van der Waals surface area contributed by atoms with Crippen molar-refractivity contribution in [1.82, 2.24) is 0 Å². The van der Waals surface area contributed by atoms with Crippen molar-refractivity contribution in [2.75, 3.05) is 17.6 Å². The Morgan fingerprint density at radius 1 is 1.55 bits per heavy atom. The molecule has 0 radical (unpaired) electrons. The van der Waals surface area contributed by atoms with Gasteiger partial charge in [-0.1, -0.05) is 13.3 Å². The molecule has 106 valence electrons. The molecular formula is C15H19N3OS. The minimum absolute atomic E-state index is 0.118. The topological polar surface area (TPSA) is 78.9 Å². The van der Waals surface area contributed by atoms with Crippen LogP contribution in [0.2, 0.25) is 0 Å². The van der Waals surface area contributed by atoms with Gasteiger partial charge in [-0.05, 0) is 31.1 Å². The van der Waals surface area contributed by atoms with E-state index < -0.39 is 0 Å². The third-order valence-electron chi connectivity index (χ3n) is 4.47. The number of rotatable bonds is 5. The lowest BCUT2D eigenvalue weighted by Gasteiger charge is -2.38. The van der Waals surface area contributed by atoms with Crippen molar-refractivity contribution < 1.29 is 4.79 Å². The van der Waals surface area contributed by atoms with Crippen LogP contribution < -0.4 is 11.1 Å². The van der Waals surface area contributed by atoms with E-state index in [2.05, 4.69) is 18.3 Å². The van der Waals surface area contributed by atoms with E-state index in [4.69, 9.17) is 5.73 Å². The van der Waals surface area contributed by atoms with Crippen LogP contribution in [-0.4, -0.2) is 12.3 Å². The number of hydrogen-bond donors (Lipinski definition) is 2. The second kappa shape index (κ2) is 4.78. The van der Waals surface area contributed by atoms with Gasteiger partial charge in [0, 0.05) is 12.5 Å². The SMILES string of the molecule is CC1(CNc2sc(C(=O)C3CC3)c(N)c2C#N)CCC1. The zero-order valence-electron chi connectivity index (χ0n) is 11.7. The van der Waals surface area contributed by atoms with Gasteiger partial charge < -0.3 is 11.1 Å². The van der Waals surface area contributed by atoms with Crippen LogP contribution in [-0.2, 0) is 0 Å². The Hall–Kier alpha value is -1.54. The van der Waals surface area contributed by atoms with Crippen molar-refractivity contribution in [3.8, 4) is 6.07 Å². The van der Waals surface area contributed by atoms with Crippen molar-refractivity contribution in [3.63, 3.8) is 0 Å². The molecule has 4 nitrogen and oxygen atoms in total. The molecule has 20 heavy (non-hydrogen) atoms. The summed E-state index contributed by atoms with van der Waals surface area (Å²) in [6, 6.07) is 2.14. The molecule has 3 rings (SSSR count). The minimum Gasteiger partial charge on any atom is -0.396 e. The highest BCUT2D eigenvalue weighted by Gasteiger charge is 2.35. The number of nitrogens with one attached hydrogen (secondary N) is 1. The fourth-order valence-electron chi connectivity index (χ4n) is 2.64. The minimum atomic E-state index is 0.118. The molecule has 0 atom stereocenters. The first-order valence-corrected chi connectivity index (χ1v) is 7.96. The van der Waals surface area contributed by atoms with E-state index in [1.54, 1.807) is 0 Å². The lowest BCUT2D eigenvalue weighted by Crippen LogP contribution is -2.33. The predicted octanol–water partition coefficient (Wildman–Crippen LogP) is 3.40. The molecular weight excluding hydrogens is 270 g/mol. The molecule has 0 saturated heterocycles. The summed E-state index contributed by atoms with van der Waals surface area (Å²) in [4.78, 5) is 12.7. The monoisotopic (exact) mass is 289 g/mol. The first kappa shape index (κ1) is 13.4. The molecule has 2 aliphatic carbocycles. The lowest BCUT2D eigenvalue weighted by atomic mass is 9.70. The second-order valence-corrected chi connectivity index (χ2v) is 7.34. The third kappa shape index (κ3) is 2.29. The summed E-state index contributed by atoms with van der Waals surface area (Å²) in [5.41, 5.74) is 7.14. The maximum absolute atomic E-state index is 12.2. The summed E-state index contributed by atoms with van der Waals surface area (Å²) in [6.07, 6.45) is 5.63. The summed E-state index contributed by atoms with van der Waals surface area (Å²) in [5.74, 6) is 0.256. The average molecular weight is 289 g/mol. The molecule has 0 aliphatic heterocycles. The summed E-state index contributed by atoms with van der Waals surface area (Å²) >= 11 is 1.35. The number of carbonyl (C=O) groups is 1. The normalized spacial score (nSPS) is 20.0. The van der Waals surface area contributed by atoms with E-state index >= 15 is 0 Å². The van der Waals surface area contributed by atoms with Crippen molar-refractivity contribution in [3.05, 3.63) is 10.4 Å². The van der Waals surface area contributed by atoms with Crippen LogP contribution in [0.1, 0.15) is 54.3 Å². The van der Waals surface area contributed by atoms with Gasteiger partial charge in [0.05, 0.1) is 10.6 Å². The highest BCUT2D eigenvalue weighted by Crippen LogP contribution is 2.44. The Morgan fingerprint density at radius 3 is 2.75 bits per heavy atom. The van der Waals surface area contributed by atoms with E-state index in [1.807, 2.05) is 0 Å². The Kier molecular flexibility index (Phi) is 3.21. The van der Waals surface area contributed by atoms with E-state index in [1.165, 1.54) is 30.6 Å². The number of thiophene rings is 1. The summed E-state index contributed by atoms with van der Waals surface area (Å²) in [6.45, 7) is 3.10. The Morgan fingerprint density at radius 2 is 2.25 bits per heavy atom. The zero-order chi connectivity index (χ0) is 14.3. The van der Waals surface area contributed by atoms with Gasteiger partial charge in [-0.15, -0.1) is 11.3 Å². The van der Waals surface area contributed by atoms with Gasteiger partial charge in [-0.2, -0.15) is 5.26 Å². The number of nitrogen functional groups attached to an aromatic ring is 1. The molecule has 0 aromatic carbocycles. The Balaban J connectivity index is 1.80. The second-order valence-electron chi connectivity index (χ2n) is 6.32. The van der Waals surface area contributed by atoms with Gasteiger partial charge in [0.25, 0.3) is 0 Å². The molecule has 1 aromatic heterocycles. The van der Waals surface area contributed by atoms with E-state index in [9.17, 15) is 10.1 Å². The van der Waals surface area contributed by atoms with Crippen LogP contribution >= 0.6 is 11.3 Å². The summed E-state index contributed by atoms with van der Waals surface area (Å²) < 4.78 is 0. The Bertz CT molecular complexity index is 591. The van der Waals surface area contributed by atoms with Crippen LogP contribution in [0.5, 0.6) is 0 Å². The fraction of sp³-hybridized carbons (Fsp3) is 0.600. The number of anilines is 2. The quantitative estimate of drug-likeness (QED) is 0.814. The maximum Gasteiger partial charge on any atom is 0.178 e. The molecule has 2 aliphatic rings. The smallest absolute Gasteiger partial charge is 0.178 e. The van der Waals surface area contributed by atoms with Crippen LogP contribution in [0.3, 0.4) is 0 Å². The van der Waals surface area contributed by atoms with Crippen molar-refractivity contribution in [2.24, 2.45) is 11.3 Å². The fourth-order valence-corrected chi connectivity index (χ4v) is 3.73. The van der Waals surface area contributed by atoms with Gasteiger partial charge in [0.2, 0.25) is 0 Å². The molecule has 2 fully saturated rings. The molecule has 2 saturated carbocycles. The predicted molar refractivity (Wildman–Crippen MR) is 80.9 cm³/mol. The van der Waals surface area contributed by atoms with Crippen LogP contribution in [0, 0.1) is 22.7 Å². The number of hydrogen-bond acceptors (Lipinski definition) is 5. The number of nitrogens with two attached hydrogens (primary N) is 1. The number of Topliss-reactive ketones (excluding diaryl/α,β-unsaturated/α-hetero) is 1. The highest BCUT2D eigenvalue weighted by atomic mass is 32.1. The van der Waals surface area contributed by atoms with Crippen molar-refractivity contribution >= 4 is 27.8 Å².